The Kier molecular flexibility index (Phi) is 6.84. The third kappa shape index (κ3) is 5.45. The van der Waals surface area contributed by atoms with E-state index in [1.54, 1.807) is 12.1 Å². The summed E-state index contributed by atoms with van der Waals surface area (Å²) in [5.74, 6) is 1.16. The molecule has 0 bridgehead atoms. The van der Waals surface area contributed by atoms with Crippen molar-refractivity contribution in [2.24, 2.45) is 0 Å². The summed E-state index contributed by atoms with van der Waals surface area (Å²) in [6, 6.07) is 8.94. The average Bonchev–Trinajstić information content (AvgIpc) is 3.16. The molecule has 2 aliphatic rings. The monoisotopic (exact) mass is 459 g/mol. The van der Waals surface area contributed by atoms with Gasteiger partial charge in [0.1, 0.15) is 18.2 Å². The molecule has 2 heterocycles. The Bertz CT molecular complexity index is 1080. The van der Waals surface area contributed by atoms with Crippen LogP contribution < -0.4 is 9.98 Å². The van der Waals surface area contributed by atoms with Gasteiger partial charge in [-0.05, 0) is 62.4 Å². The van der Waals surface area contributed by atoms with Crippen LogP contribution in [0.4, 0.5) is 23.4 Å². The second-order valence-electron chi connectivity index (χ2n) is 8.29. The van der Waals surface area contributed by atoms with E-state index in [1.807, 2.05) is 0 Å². The summed E-state index contributed by atoms with van der Waals surface area (Å²) in [6.07, 6.45) is 1.40. The highest BCUT2D eigenvalue weighted by molar-refractivity contribution is 6.17. The quantitative estimate of drug-likeness (QED) is 0.468. The number of halogens is 4. The smallest absolute Gasteiger partial charge is 0.366 e. The van der Waals surface area contributed by atoms with Crippen molar-refractivity contribution in [2.45, 2.75) is 45.2 Å². The summed E-state index contributed by atoms with van der Waals surface area (Å²) in [4.78, 5) is 6.08. The van der Waals surface area contributed by atoms with Crippen molar-refractivity contribution in [3.8, 4) is 0 Å². The first kappa shape index (κ1) is 23.1. The van der Waals surface area contributed by atoms with Gasteiger partial charge >= 0.3 is 12.0 Å². The molecule has 0 fully saturated rings. The van der Waals surface area contributed by atoms with Gasteiger partial charge in [0.2, 0.25) is 5.71 Å². The van der Waals surface area contributed by atoms with Gasteiger partial charge in [0, 0.05) is 11.8 Å². The standard InChI is InChI=1S/C25H27F4N4/c1-2-33(14-13-30-23-12-9-18(16-31-23)25(27,28)29)24-21-6-4-3-5-20(21)22(32-24)15-17-7-10-19(26)11-8-17/h7-12,16H,2-6,13-15H2,1H3,(H,30,31)/q+1. The van der Waals surface area contributed by atoms with Gasteiger partial charge in [-0.25, -0.2) is 18.9 Å². The minimum atomic E-state index is -4.39. The number of hydrogen-bond acceptors (Lipinski definition) is 3. The highest BCUT2D eigenvalue weighted by Crippen LogP contribution is 2.30. The van der Waals surface area contributed by atoms with Crippen molar-refractivity contribution >= 4 is 17.4 Å². The Morgan fingerprint density at radius 2 is 1.76 bits per heavy atom. The van der Waals surface area contributed by atoms with E-state index in [4.69, 9.17) is 4.67 Å². The third-order valence-electron chi connectivity index (χ3n) is 6.07. The van der Waals surface area contributed by atoms with E-state index in [-0.39, 0.29) is 5.82 Å². The Labute approximate surface area is 190 Å². The summed E-state index contributed by atoms with van der Waals surface area (Å²) in [6.45, 7) is 4.02. The Morgan fingerprint density at radius 3 is 2.39 bits per heavy atom. The van der Waals surface area contributed by atoms with Gasteiger partial charge in [0.15, 0.2) is 0 Å². The number of aromatic nitrogens is 1. The van der Waals surface area contributed by atoms with Crippen molar-refractivity contribution in [2.75, 3.05) is 25.0 Å². The van der Waals surface area contributed by atoms with E-state index < -0.39 is 11.7 Å². The number of alkyl halides is 3. The van der Waals surface area contributed by atoms with Crippen LogP contribution in [-0.2, 0) is 12.6 Å². The molecule has 1 aliphatic heterocycles. The largest absolute Gasteiger partial charge is 0.417 e. The number of pyridine rings is 1. The van der Waals surface area contributed by atoms with Gasteiger partial charge in [0.05, 0.1) is 30.6 Å². The van der Waals surface area contributed by atoms with E-state index in [2.05, 4.69) is 22.1 Å². The first-order valence-electron chi connectivity index (χ1n) is 11.3. The van der Waals surface area contributed by atoms with Crippen LogP contribution in [0, 0.1) is 5.82 Å². The predicted octanol–water partition coefficient (Wildman–Crippen LogP) is 5.01. The summed E-state index contributed by atoms with van der Waals surface area (Å²) in [5.41, 5.74) is 3.95. The SMILES string of the molecule is CCN(CCNc1ccc(C(F)(F)F)cn1)C1=[N+]=C(Cc2ccc(F)cc2)C2=C1CCCC2. The number of likely N-dealkylation sites (N-methyl/N-ethyl adjacent to an activating group) is 1. The predicted molar refractivity (Wildman–Crippen MR) is 123 cm³/mol. The van der Waals surface area contributed by atoms with Crippen LogP contribution in [0.1, 0.15) is 43.7 Å². The fraction of sp³-hybridized carbons (Fsp3) is 0.400. The number of nitrogens with zero attached hydrogens (tertiary/aromatic N) is 3. The molecule has 0 spiro atoms. The number of anilines is 1. The molecule has 33 heavy (non-hydrogen) atoms. The van der Waals surface area contributed by atoms with Gasteiger partial charge in [-0.2, -0.15) is 13.2 Å². The van der Waals surface area contributed by atoms with Crippen molar-refractivity contribution in [3.05, 3.63) is 70.7 Å². The van der Waals surface area contributed by atoms with Gasteiger partial charge in [0.25, 0.3) is 0 Å². The molecule has 1 aromatic heterocycles. The maximum Gasteiger partial charge on any atom is 0.417 e. The molecular formula is C25H27F4N4+. The lowest BCUT2D eigenvalue weighted by atomic mass is 9.87. The number of nitrogens with one attached hydrogen (secondary N) is 1. The summed E-state index contributed by atoms with van der Waals surface area (Å²) < 4.78 is 56.4. The molecule has 4 rings (SSSR count). The molecule has 174 valence electrons. The minimum Gasteiger partial charge on any atom is -0.366 e. The topological polar surface area (TPSA) is 42.3 Å². The van der Waals surface area contributed by atoms with Crippen LogP contribution in [0.2, 0.25) is 0 Å². The first-order chi connectivity index (χ1) is 15.8. The fourth-order valence-electron chi connectivity index (χ4n) is 4.34. The van der Waals surface area contributed by atoms with Crippen molar-refractivity contribution in [1.29, 1.82) is 0 Å². The second-order valence-corrected chi connectivity index (χ2v) is 8.29. The lowest BCUT2D eigenvalue weighted by Gasteiger charge is -2.18. The van der Waals surface area contributed by atoms with E-state index in [0.717, 1.165) is 61.6 Å². The maximum absolute atomic E-state index is 13.3. The van der Waals surface area contributed by atoms with E-state index in [9.17, 15) is 17.6 Å². The van der Waals surface area contributed by atoms with Crippen LogP contribution >= 0.6 is 0 Å². The van der Waals surface area contributed by atoms with E-state index in [1.165, 1.54) is 29.3 Å². The first-order valence-corrected chi connectivity index (χ1v) is 11.3. The maximum atomic E-state index is 13.3. The van der Waals surface area contributed by atoms with Crippen LogP contribution in [0.5, 0.6) is 0 Å². The van der Waals surface area contributed by atoms with Gasteiger partial charge in [-0.15, -0.1) is 0 Å². The highest BCUT2D eigenvalue weighted by Gasteiger charge is 2.36. The van der Waals surface area contributed by atoms with E-state index >= 15 is 0 Å². The van der Waals surface area contributed by atoms with Crippen LogP contribution in [-0.4, -0.2) is 41.1 Å². The Hall–Kier alpha value is -3.12. The normalized spacial score (nSPS) is 15.8. The summed E-state index contributed by atoms with van der Waals surface area (Å²) in [5, 5.41) is 3.11. The molecule has 1 aliphatic carbocycles. The molecule has 4 nitrogen and oxygen atoms in total. The second kappa shape index (κ2) is 9.79. The Morgan fingerprint density at radius 1 is 1.03 bits per heavy atom. The molecule has 0 saturated carbocycles. The molecule has 0 unspecified atom stereocenters. The Balaban J connectivity index is 1.46. The average molecular weight is 460 g/mol. The fourth-order valence-corrected chi connectivity index (χ4v) is 4.34. The van der Waals surface area contributed by atoms with Crippen LogP contribution in [0.25, 0.3) is 0 Å². The molecular weight excluding hydrogens is 432 g/mol. The van der Waals surface area contributed by atoms with Gasteiger partial charge < -0.3 is 5.32 Å². The van der Waals surface area contributed by atoms with Crippen molar-refractivity contribution < 1.29 is 17.6 Å². The molecule has 8 heteroatoms. The number of allylic oxidation sites excluding steroid dienone is 1. The molecule has 0 radical (unpaired) electrons. The molecule has 2 aromatic rings. The van der Waals surface area contributed by atoms with Crippen LogP contribution in [0.15, 0.2) is 53.7 Å². The molecule has 0 amide bonds. The van der Waals surface area contributed by atoms with E-state index in [0.29, 0.717) is 25.3 Å². The zero-order valence-corrected chi connectivity index (χ0v) is 18.6. The van der Waals surface area contributed by atoms with Gasteiger partial charge in [-0.3, -0.25) is 0 Å². The van der Waals surface area contributed by atoms with Gasteiger partial charge in [-0.1, -0.05) is 12.1 Å². The number of benzene rings is 1. The number of hydrogen-bond donors (Lipinski definition) is 1. The summed E-state index contributed by atoms with van der Waals surface area (Å²) >= 11 is 0. The lowest BCUT2D eigenvalue weighted by molar-refractivity contribution is -0.137. The third-order valence-corrected chi connectivity index (χ3v) is 6.07. The molecule has 0 atom stereocenters. The molecule has 0 saturated heterocycles. The zero-order chi connectivity index (χ0) is 23.4. The highest BCUT2D eigenvalue weighted by atomic mass is 19.4. The molecule has 1 N–H and O–H groups in total. The number of amidine groups is 1. The zero-order valence-electron chi connectivity index (χ0n) is 18.6. The van der Waals surface area contributed by atoms with Crippen molar-refractivity contribution in [1.82, 2.24) is 14.6 Å². The number of rotatable bonds is 7. The van der Waals surface area contributed by atoms with Crippen LogP contribution in [0.3, 0.4) is 0 Å². The summed E-state index contributed by atoms with van der Waals surface area (Å²) in [7, 11) is 0. The molecule has 1 aromatic carbocycles. The minimum absolute atomic E-state index is 0.246. The van der Waals surface area contributed by atoms with Crippen molar-refractivity contribution in [3.63, 3.8) is 0 Å². The lowest BCUT2D eigenvalue weighted by Crippen LogP contribution is -2.37.